The first-order chi connectivity index (χ1) is 10.3. The summed E-state index contributed by atoms with van der Waals surface area (Å²) in [5.41, 5.74) is 4.31. The summed E-state index contributed by atoms with van der Waals surface area (Å²) < 4.78 is 0. The third-order valence-electron chi connectivity index (χ3n) is 5.70. The molecule has 2 aliphatic carbocycles. The summed E-state index contributed by atoms with van der Waals surface area (Å²) >= 11 is 0. The molecule has 3 N–H and O–H groups in total. The lowest BCUT2D eigenvalue weighted by atomic mass is 9.82. The van der Waals surface area contributed by atoms with Crippen LogP contribution in [0.3, 0.4) is 0 Å². The van der Waals surface area contributed by atoms with Crippen LogP contribution in [0.5, 0.6) is 0 Å². The molecule has 1 aromatic carbocycles. The Hall–Kier alpha value is -1.45. The third kappa shape index (κ3) is 2.34. The van der Waals surface area contributed by atoms with Crippen LogP contribution in [0, 0.1) is 17.8 Å². The summed E-state index contributed by atoms with van der Waals surface area (Å²) in [4.78, 5) is 4.41. The van der Waals surface area contributed by atoms with Gasteiger partial charge in [-0.15, -0.1) is 0 Å². The number of nitrogens with zero attached hydrogens (tertiary/aromatic N) is 1. The van der Waals surface area contributed by atoms with Crippen LogP contribution in [0.25, 0.3) is 10.8 Å². The summed E-state index contributed by atoms with van der Waals surface area (Å²) in [6.07, 6.45) is 10.8. The van der Waals surface area contributed by atoms with E-state index in [0.29, 0.717) is 0 Å². The van der Waals surface area contributed by atoms with Gasteiger partial charge in [-0.3, -0.25) is 16.3 Å². The number of pyridine rings is 1. The van der Waals surface area contributed by atoms with Crippen LogP contribution in [-0.2, 0) is 0 Å². The van der Waals surface area contributed by atoms with Crippen LogP contribution in [0.1, 0.15) is 43.7 Å². The van der Waals surface area contributed by atoms with Gasteiger partial charge in [-0.1, -0.05) is 30.7 Å². The van der Waals surface area contributed by atoms with Gasteiger partial charge in [0.05, 0.1) is 0 Å². The minimum atomic E-state index is 0.216. The first kappa shape index (κ1) is 13.2. The van der Waals surface area contributed by atoms with E-state index in [2.05, 4.69) is 34.7 Å². The van der Waals surface area contributed by atoms with Gasteiger partial charge in [0.15, 0.2) is 0 Å². The highest BCUT2D eigenvalue weighted by molar-refractivity contribution is 5.85. The maximum atomic E-state index is 5.89. The number of fused-ring (bicyclic) bond motifs is 3. The van der Waals surface area contributed by atoms with E-state index < -0.39 is 0 Å². The van der Waals surface area contributed by atoms with Crippen LogP contribution < -0.4 is 11.3 Å². The molecular weight excluding hydrogens is 258 g/mol. The van der Waals surface area contributed by atoms with Crippen LogP contribution in [0.2, 0.25) is 0 Å². The standard InChI is InChI=1S/C18H23N3/c19-21-18(9-15-8-12-5-6-13(15)7-12)17-11-20-10-14-3-1-2-4-16(14)17/h1-4,10-13,15,18,21H,5-9,19H2. The molecule has 0 saturated heterocycles. The molecule has 0 aliphatic heterocycles. The van der Waals surface area contributed by atoms with Crippen molar-refractivity contribution in [3.05, 3.63) is 42.2 Å². The fraction of sp³-hybridized carbons (Fsp3) is 0.500. The van der Waals surface area contributed by atoms with E-state index in [1.165, 1.54) is 42.0 Å². The molecule has 0 spiro atoms. The molecule has 2 saturated carbocycles. The normalized spacial score (nSPS) is 29.1. The van der Waals surface area contributed by atoms with E-state index in [9.17, 15) is 0 Å². The van der Waals surface area contributed by atoms with Crippen molar-refractivity contribution in [3.63, 3.8) is 0 Å². The fourth-order valence-electron chi connectivity index (χ4n) is 4.67. The molecule has 3 nitrogen and oxygen atoms in total. The molecular formula is C18H23N3. The van der Waals surface area contributed by atoms with Gasteiger partial charge in [0.25, 0.3) is 0 Å². The third-order valence-corrected chi connectivity index (χ3v) is 5.70. The van der Waals surface area contributed by atoms with Crippen molar-refractivity contribution in [1.29, 1.82) is 0 Å². The molecule has 1 heterocycles. The highest BCUT2D eigenvalue weighted by Crippen LogP contribution is 2.51. The smallest absolute Gasteiger partial charge is 0.0484 e. The van der Waals surface area contributed by atoms with E-state index in [1.54, 1.807) is 0 Å². The number of hydrogen-bond donors (Lipinski definition) is 2. The lowest BCUT2D eigenvalue weighted by Crippen LogP contribution is -2.31. The zero-order chi connectivity index (χ0) is 14.2. The molecule has 3 heteroatoms. The van der Waals surface area contributed by atoms with Crippen molar-refractivity contribution < 1.29 is 0 Å². The van der Waals surface area contributed by atoms with Crippen molar-refractivity contribution >= 4 is 10.8 Å². The monoisotopic (exact) mass is 281 g/mol. The number of aromatic nitrogens is 1. The average molecular weight is 281 g/mol. The molecule has 1 aromatic heterocycles. The summed E-state index contributed by atoms with van der Waals surface area (Å²) in [7, 11) is 0. The van der Waals surface area contributed by atoms with Gasteiger partial charge in [-0.05, 0) is 54.4 Å². The van der Waals surface area contributed by atoms with Gasteiger partial charge < -0.3 is 0 Å². The molecule has 4 rings (SSSR count). The average Bonchev–Trinajstić information content (AvgIpc) is 3.15. The second kappa shape index (κ2) is 5.39. The molecule has 21 heavy (non-hydrogen) atoms. The Morgan fingerprint density at radius 2 is 2.10 bits per heavy atom. The molecule has 0 amide bonds. The zero-order valence-electron chi connectivity index (χ0n) is 12.3. The van der Waals surface area contributed by atoms with E-state index in [0.717, 1.165) is 24.2 Å². The number of hydrazine groups is 1. The molecule has 110 valence electrons. The number of hydrogen-bond acceptors (Lipinski definition) is 3. The Kier molecular flexibility index (Phi) is 3.40. The van der Waals surface area contributed by atoms with Crippen molar-refractivity contribution in [2.45, 2.75) is 38.1 Å². The Balaban J connectivity index is 1.62. The van der Waals surface area contributed by atoms with Crippen LogP contribution in [0.15, 0.2) is 36.7 Å². The highest BCUT2D eigenvalue weighted by atomic mass is 15.2. The maximum absolute atomic E-state index is 5.89. The van der Waals surface area contributed by atoms with Crippen LogP contribution in [0.4, 0.5) is 0 Å². The largest absolute Gasteiger partial charge is 0.271 e. The van der Waals surface area contributed by atoms with Gasteiger partial charge in [0.2, 0.25) is 0 Å². The van der Waals surface area contributed by atoms with Crippen LogP contribution in [-0.4, -0.2) is 4.98 Å². The SMILES string of the molecule is NNC(CC1CC2CCC1C2)c1cncc2ccccc12. The zero-order valence-corrected chi connectivity index (χ0v) is 12.3. The van der Waals surface area contributed by atoms with Gasteiger partial charge in [-0.2, -0.15) is 0 Å². The Labute approximate surface area is 125 Å². The molecule has 2 aliphatic rings. The number of nitrogens with two attached hydrogens (primary N) is 1. The van der Waals surface area contributed by atoms with Crippen molar-refractivity contribution in [2.75, 3.05) is 0 Å². The molecule has 2 fully saturated rings. The minimum Gasteiger partial charge on any atom is -0.271 e. The summed E-state index contributed by atoms with van der Waals surface area (Å²) in [6, 6.07) is 8.67. The van der Waals surface area contributed by atoms with Gasteiger partial charge in [0, 0.05) is 23.8 Å². The summed E-state index contributed by atoms with van der Waals surface area (Å²) in [5.74, 6) is 8.66. The lowest BCUT2D eigenvalue weighted by Gasteiger charge is -2.27. The minimum absolute atomic E-state index is 0.216. The lowest BCUT2D eigenvalue weighted by molar-refractivity contribution is 0.280. The molecule has 0 radical (unpaired) electrons. The maximum Gasteiger partial charge on any atom is 0.0484 e. The number of rotatable bonds is 4. The molecule has 4 atom stereocenters. The first-order valence-corrected chi connectivity index (χ1v) is 8.14. The van der Waals surface area contributed by atoms with Crippen molar-refractivity contribution in [2.24, 2.45) is 23.6 Å². The summed E-state index contributed by atoms with van der Waals surface area (Å²) in [6.45, 7) is 0. The second-order valence-electron chi connectivity index (χ2n) is 6.84. The van der Waals surface area contributed by atoms with E-state index in [4.69, 9.17) is 5.84 Å². The predicted molar refractivity (Wildman–Crippen MR) is 85.4 cm³/mol. The first-order valence-electron chi connectivity index (χ1n) is 8.14. The Morgan fingerprint density at radius 1 is 1.19 bits per heavy atom. The van der Waals surface area contributed by atoms with Crippen molar-refractivity contribution in [1.82, 2.24) is 10.4 Å². The fourth-order valence-corrected chi connectivity index (χ4v) is 4.67. The Bertz CT molecular complexity index is 634. The quantitative estimate of drug-likeness (QED) is 0.665. The van der Waals surface area contributed by atoms with Gasteiger partial charge >= 0.3 is 0 Å². The predicted octanol–water partition coefficient (Wildman–Crippen LogP) is 3.57. The molecule has 2 bridgehead atoms. The van der Waals surface area contributed by atoms with E-state index in [1.807, 2.05) is 12.4 Å². The topological polar surface area (TPSA) is 50.9 Å². The van der Waals surface area contributed by atoms with E-state index >= 15 is 0 Å². The molecule has 2 aromatic rings. The second-order valence-corrected chi connectivity index (χ2v) is 6.84. The van der Waals surface area contributed by atoms with Crippen molar-refractivity contribution in [3.8, 4) is 0 Å². The highest BCUT2D eigenvalue weighted by Gasteiger charge is 2.40. The van der Waals surface area contributed by atoms with E-state index in [-0.39, 0.29) is 6.04 Å². The Morgan fingerprint density at radius 3 is 2.86 bits per heavy atom. The number of nitrogens with one attached hydrogen (secondary N) is 1. The number of benzene rings is 1. The van der Waals surface area contributed by atoms with Gasteiger partial charge in [-0.25, -0.2) is 0 Å². The van der Waals surface area contributed by atoms with Gasteiger partial charge in [0.1, 0.15) is 0 Å². The molecule has 4 unspecified atom stereocenters. The van der Waals surface area contributed by atoms with Crippen LogP contribution >= 0.6 is 0 Å². The summed E-state index contributed by atoms with van der Waals surface area (Å²) in [5, 5.41) is 2.47.